The van der Waals surface area contributed by atoms with Gasteiger partial charge in [0, 0.05) is 36.8 Å². The van der Waals surface area contributed by atoms with E-state index in [2.05, 4.69) is 4.90 Å². The predicted octanol–water partition coefficient (Wildman–Crippen LogP) is 2.88. The first-order chi connectivity index (χ1) is 16.4. The van der Waals surface area contributed by atoms with E-state index in [1.54, 1.807) is 48.5 Å². The van der Waals surface area contributed by atoms with E-state index in [1.807, 2.05) is 0 Å². The average molecular weight is 485 g/mol. The molecule has 1 unspecified atom stereocenters. The smallest absolute Gasteiger partial charge is 0.337 e. The average Bonchev–Trinajstić information content (AvgIpc) is 3.12. The van der Waals surface area contributed by atoms with Crippen LogP contribution in [0.3, 0.4) is 0 Å². The van der Waals surface area contributed by atoms with Crippen molar-refractivity contribution in [3.05, 3.63) is 75.8 Å². The van der Waals surface area contributed by atoms with Crippen LogP contribution >= 0.6 is 11.6 Å². The van der Waals surface area contributed by atoms with Gasteiger partial charge in [-0.2, -0.15) is 0 Å². The van der Waals surface area contributed by atoms with Crippen LogP contribution in [0.25, 0.3) is 5.76 Å². The number of methoxy groups -OCH3 is 1. The first kappa shape index (κ1) is 23.9. The molecule has 9 heteroatoms. The van der Waals surface area contributed by atoms with Gasteiger partial charge in [-0.1, -0.05) is 23.7 Å². The van der Waals surface area contributed by atoms with Crippen molar-refractivity contribution in [3.8, 4) is 0 Å². The molecule has 8 nitrogen and oxygen atoms in total. The zero-order chi connectivity index (χ0) is 24.2. The van der Waals surface area contributed by atoms with E-state index in [0.29, 0.717) is 48.0 Å². The number of halogens is 1. The number of aliphatic hydroxyl groups is 1. The third-order valence-electron chi connectivity index (χ3n) is 6.07. The Kier molecular flexibility index (Phi) is 7.31. The van der Waals surface area contributed by atoms with Gasteiger partial charge < -0.3 is 19.5 Å². The molecule has 178 valence electrons. The molecular formula is C25H25ClN2O6. The largest absolute Gasteiger partial charge is 0.507 e. The highest BCUT2D eigenvalue weighted by Crippen LogP contribution is 2.39. The van der Waals surface area contributed by atoms with E-state index in [4.69, 9.17) is 21.1 Å². The molecule has 2 saturated heterocycles. The van der Waals surface area contributed by atoms with Crippen molar-refractivity contribution in [1.29, 1.82) is 0 Å². The Hall–Kier alpha value is -3.20. The maximum absolute atomic E-state index is 13.1. The predicted molar refractivity (Wildman–Crippen MR) is 126 cm³/mol. The fourth-order valence-corrected chi connectivity index (χ4v) is 4.34. The summed E-state index contributed by atoms with van der Waals surface area (Å²) in [5, 5.41) is 11.6. The summed E-state index contributed by atoms with van der Waals surface area (Å²) in [5.41, 5.74) is 1.32. The van der Waals surface area contributed by atoms with Crippen LogP contribution in [0.2, 0.25) is 5.02 Å². The standard InChI is InChI=1S/C25H25ClN2O6/c1-33-25(32)18-4-2-16(3-5-18)21-20(22(29)17-6-8-19(26)9-7-17)23(30)24(31)28(21)11-10-27-12-14-34-15-13-27/h2-9,21,29H,10-15H2,1H3/b22-20-. The molecule has 0 saturated carbocycles. The van der Waals surface area contributed by atoms with Crippen molar-refractivity contribution in [2.75, 3.05) is 46.5 Å². The van der Waals surface area contributed by atoms with E-state index in [-0.39, 0.29) is 11.3 Å². The molecule has 4 rings (SSSR count). The molecule has 2 aromatic carbocycles. The maximum atomic E-state index is 13.1. The van der Waals surface area contributed by atoms with Crippen LogP contribution in [-0.2, 0) is 19.1 Å². The summed E-state index contributed by atoms with van der Waals surface area (Å²) in [6.07, 6.45) is 0. The molecule has 1 amide bonds. The Morgan fingerprint density at radius 3 is 2.26 bits per heavy atom. The Morgan fingerprint density at radius 2 is 1.65 bits per heavy atom. The molecule has 2 aliphatic rings. The second-order valence-corrected chi connectivity index (χ2v) is 8.50. The summed E-state index contributed by atoms with van der Waals surface area (Å²) in [6, 6.07) is 12.1. The first-order valence-corrected chi connectivity index (χ1v) is 11.3. The van der Waals surface area contributed by atoms with Gasteiger partial charge in [0.1, 0.15) is 5.76 Å². The van der Waals surface area contributed by atoms with Gasteiger partial charge in [-0.05, 0) is 42.0 Å². The van der Waals surface area contributed by atoms with Crippen LogP contribution in [0.1, 0.15) is 27.5 Å². The molecule has 0 aliphatic carbocycles. The molecule has 2 fully saturated rings. The summed E-state index contributed by atoms with van der Waals surface area (Å²) >= 11 is 5.96. The van der Waals surface area contributed by atoms with Gasteiger partial charge in [0.05, 0.1) is 37.5 Å². The van der Waals surface area contributed by atoms with Crippen molar-refractivity contribution in [2.24, 2.45) is 0 Å². The maximum Gasteiger partial charge on any atom is 0.337 e. The Bertz CT molecular complexity index is 1110. The molecule has 0 aromatic heterocycles. The van der Waals surface area contributed by atoms with Crippen LogP contribution in [-0.4, -0.2) is 79.1 Å². The number of amides is 1. The highest BCUT2D eigenvalue weighted by molar-refractivity contribution is 6.46. The van der Waals surface area contributed by atoms with Crippen LogP contribution in [0.15, 0.2) is 54.1 Å². The fourth-order valence-electron chi connectivity index (χ4n) is 4.21. The van der Waals surface area contributed by atoms with Crippen molar-refractivity contribution in [2.45, 2.75) is 6.04 Å². The molecule has 1 atom stereocenters. The lowest BCUT2D eigenvalue weighted by molar-refractivity contribution is -0.140. The van der Waals surface area contributed by atoms with Crippen LogP contribution < -0.4 is 0 Å². The number of ketones is 1. The van der Waals surface area contributed by atoms with Crippen molar-refractivity contribution < 1.29 is 29.0 Å². The Balaban J connectivity index is 1.73. The molecule has 1 N–H and O–H groups in total. The zero-order valence-electron chi connectivity index (χ0n) is 18.7. The normalized spacial score (nSPS) is 20.5. The second-order valence-electron chi connectivity index (χ2n) is 8.07. The minimum absolute atomic E-state index is 0.000109. The molecule has 0 spiro atoms. The molecule has 0 radical (unpaired) electrons. The molecule has 2 heterocycles. The highest BCUT2D eigenvalue weighted by Gasteiger charge is 2.46. The summed E-state index contributed by atoms with van der Waals surface area (Å²) in [7, 11) is 1.29. The summed E-state index contributed by atoms with van der Waals surface area (Å²) in [4.78, 5) is 41.7. The minimum atomic E-state index is -0.802. The number of Topliss-reactive ketones (excluding diaryl/α,β-unsaturated/α-hetero) is 1. The molecular weight excluding hydrogens is 460 g/mol. The van der Waals surface area contributed by atoms with E-state index in [9.17, 15) is 19.5 Å². The van der Waals surface area contributed by atoms with E-state index < -0.39 is 23.7 Å². The van der Waals surface area contributed by atoms with Gasteiger partial charge in [-0.15, -0.1) is 0 Å². The minimum Gasteiger partial charge on any atom is -0.507 e. The number of morpholine rings is 1. The van der Waals surface area contributed by atoms with Crippen LogP contribution in [0.5, 0.6) is 0 Å². The Morgan fingerprint density at radius 1 is 1.03 bits per heavy atom. The third kappa shape index (κ3) is 4.84. The number of rotatable bonds is 6. The monoisotopic (exact) mass is 484 g/mol. The molecule has 2 aromatic rings. The van der Waals surface area contributed by atoms with Gasteiger partial charge in [0.25, 0.3) is 11.7 Å². The fraction of sp³-hybridized carbons (Fsp3) is 0.320. The number of benzene rings is 2. The number of aliphatic hydroxyl groups excluding tert-OH is 1. The number of carbonyl (C=O) groups is 3. The van der Waals surface area contributed by atoms with E-state index >= 15 is 0 Å². The van der Waals surface area contributed by atoms with Crippen molar-refractivity contribution >= 4 is 35.0 Å². The molecule has 2 aliphatic heterocycles. The van der Waals surface area contributed by atoms with Gasteiger partial charge >= 0.3 is 5.97 Å². The highest BCUT2D eigenvalue weighted by atomic mass is 35.5. The first-order valence-electron chi connectivity index (χ1n) is 10.9. The van der Waals surface area contributed by atoms with E-state index in [1.165, 1.54) is 12.0 Å². The lowest BCUT2D eigenvalue weighted by Gasteiger charge is -2.31. The number of carbonyl (C=O) groups excluding carboxylic acids is 3. The summed E-state index contributed by atoms with van der Waals surface area (Å²) in [5.74, 6) is -2.19. The third-order valence-corrected chi connectivity index (χ3v) is 6.32. The number of nitrogens with zero attached hydrogens (tertiary/aromatic N) is 2. The lowest BCUT2D eigenvalue weighted by atomic mass is 9.94. The van der Waals surface area contributed by atoms with Crippen molar-refractivity contribution in [3.63, 3.8) is 0 Å². The van der Waals surface area contributed by atoms with Gasteiger partial charge in [0.15, 0.2) is 0 Å². The Labute approximate surface area is 202 Å². The zero-order valence-corrected chi connectivity index (χ0v) is 19.5. The lowest BCUT2D eigenvalue weighted by Crippen LogP contribution is -2.42. The van der Waals surface area contributed by atoms with Gasteiger partial charge in [-0.3, -0.25) is 14.5 Å². The second kappa shape index (κ2) is 10.4. The number of esters is 1. The topological polar surface area (TPSA) is 96.4 Å². The quantitative estimate of drug-likeness (QED) is 0.291. The van der Waals surface area contributed by atoms with Crippen LogP contribution in [0, 0.1) is 0 Å². The molecule has 0 bridgehead atoms. The number of hydrogen-bond acceptors (Lipinski definition) is 7. The number of hydrogen-bond donors (Lipinski definition) is 1. The van der Waals surface area contributed by atoms with E-state index in [0.717, 1.165) is 13.1 Å². The molecule has 34 heavy (non-hydrogen) atoms. The number of ether oxygens (including phenoxy) is 2. The SMILES string of the molecule is COC(=O)c1ccc(C2/C(=C(/O)c3ccc(Cl)cc3)C(=O)C(=O)N2CCN2CCOCC2)cc1. The summed E-state index contributed by atoms with van der Waals surface area (Å²) in [6.45, 7) is 3.58. The van der Waals surface area contributed by atoms with Crippen LogP contribution in [0.4, 0.5) is 0 Å². The number of likely N-dealkylation sites (tertiary alicyclic amines) is 1. The van der Waals surface area contributed by atoms with Gasteiger partial charge in [0.2, 0.25) is 0 Å². The van der Waals surface area contributed by atoms with Crippen molar-refractivity contribution in [1.82, 2.24) is 9.80 Å². The van der Waals surface area contributed by atoms with Gasteiger partial charge in [-0.25, -0.2) is 4.79 Å². The summed E-state index contributed by atoms with van der Waals surface area (Å²) < 4.78 is 10.1.